The van der Waals surface area contributed by atoms with Gasteiger partial charge in [-0.05, 0) is 42.7 Å². The molecule has 2 rings (SSSR count). The van der Waals surface area contributed by atoms with Crippen LogP contribution in [-0.4, -0.2) is 37.5 Å². The summed E-state index contributed by atoms with van der Waals surface area (Å²) in [5.41, 5.74) is 2.48. The molecule has 160 valence electrons. The van der Waals surface area contributed by atoms with Gasteiger partial charge in [0.15, 0.2) is 6.61 Å². The first-order valence-corrected chi connectivity index (χ1v) is 9.74. The van der Waals surface area contributed by atoms with Crippen molar-refractivity contribution in [3.05, 3.63) is 65.2 Å². The molecule has 2 aromatic carbocycles. The van der Waals surface area contributed by atoms with Crippen molar-refractivity contribution in [3.8, 4) is 5.75 Å². The van der Waals surface area contributed by atoms with E-state index in [1.807, 2.05) is 31.2 Å². The van der Waals surface area contributed by atoms with E-state index in [-0.39, 0.29) is 5.92 Å². The highest BCUT2D eigenvalue weighted by Crippen LogP contribution is 2.12. The van der Waals surface area contributed by atoms with Crippen molar-refractivity contribution < 1.29 is 23.9 Å². The van der Waals surface area contributed by atoms with Gasteiger partial charge in [-0.3, -0.25) is 9.59 Å². The van der Waals surface area contributed by atoms with E-state index in [1.54, 1.807) is 38.1 Å². The second kappa shape index (κ2) is 11.0. The van der Waals surface area contributed by atoms with Gasteiger partial charge in [-0.1, -0.05) is 43.7 Å². The van der Waals surface area contributed by atoms with Crippen molar-refractivity contribution in [1.29, 1.82) is 0 Å². The fourth-order valence-electron chi connectivity index (χ4n) is 2.65. The number of carbonyl (C=O) groups excluding carboxylic acids is 3. The van der Waals surface area contributed by atoms with Gasteiger partial charge >= 0.3 is 5.97 Å². The summed E-state index contributed by atoms with van der Waals surface area (Å²) in [6.45, 7) is 5.50. The zero-order valence-corrected chi connectivity index (χ0v) is 17.7. The van der Waals surface area contributed by atoms with E-state index in [0.29, 0.717) is 17.9 Å². The lowest BCUT2D eigenvalue weighted by Crippen LogP contribution is -2.46. The Bertz CT molecular complexity index is 860. The monoisotopic (exact) mass is 412 g/mol. The molecule has 0 radical (unpaired) electrons. The van der Waals surface area contributed by atoms with Crippen LogP contribution in [0.15, 0.2) is 48.5 Å². The fraction of sp³-hybridized carbons (Fsp3) is 0.348. The summed E-state index contributed by atoms with van der Waals surface area (Å²) in [5.74, 6) is -1.05. The zero-order valence-electron chi connectivity index (χ0n) is 17.7. The number of aryl methyl sites for hydroxylation is 1. The van der Waals surface area contributed by atoms with Crippen molar-refractivity contribution in [2.24, 2.45) is 5.92 Å². The van der Waals surface area contributed by atoms with Gasteiger partial charge in [-0.25, -0.2) is 4.79 Å². The number of carbonyl (C=O) groups is 3. The lowest BCUT2D eigenvalue weighted by atomic mass is 10.0. The lowest BCUT2D eigenvalue weighted by molar-refractivity contribution is -0.151. The number of esters is 1. The predicted molar refractivity (Wildman–Crippen MR) is 113 cm³/mol. The minimum absolute atomic E-state index is 0.213. The van der Waals surface area contributed by atoms with Crippen molar-refractivity contribution in [1.82, 2.24) is 10.6 Å². The van der Waals surface area contributed by atoms with Crippen LogP contribution in [0.2, 0.25) is 0 Å². The van der Waals surface area contributed by atoms with Gasteiger partial charge in [0.25, 0.3) is 11.8 Å². The molecule has 2 N–H and O–H groups in total. The maximum Gasteiger partial charge on any atom is 0.329 e. The van der Waals surface area contributed by atoms with Crippen LogP contribution in [0, 0.1) is 12.8 Å². The van der Waals surface area contributed by atoms with Crippen LogP contribution in [-0.2, 0) is 20.9 Å². The van der Waals surface area contributed by atoms with Crippen LogP contribution in [0.25, 0.3) is 0 Å². The van der Waals surface area contributed by atoms with Crippen molar-refractivity contribution in [2.75, 3.05) is 13.7 Å². The van der Waals surface area contributed by atoms with Gasteiger partial charge in [-0.2, -0.15) is 0 Å². The van der Waals surface area contributed by atoms with Gasteiger partial charge in [0.05, 0.1) is 7.11 Å². The van der Waals surface area contributed by atoms with Gasteiger partial charge in [0.2, 0.25) is 0 Å². The summed E-state index contributed by atoms with van der Waals surface area (Å²) in [5, 5.41) is 5.37. The zero-order chi connectivity index (χ0) is 22.1. The van der Waals surface area contributed by atoms with E-state index < -0.39 is 30.4 Å². The number of hydrogen-bond acceptors (Lipinski definition) is 5. The quantitative estimate of drug-likeness (QED) is 0.618. The summed E-state index contributed by atoms with van der Waals surface area (Å²) >= 11 is 0. The topological polar surface area (TPSA) is 93.7 Å². The molecule has 0 bridgehead atoms. The van der Waals surface area contributed by atoms with Crippen molar-refractivity contribution in [2.45, 2.75) is 33.4 Å². The number of nitrogens with one attached hydrogen (secondary N) is 2. The van der Waals surface area contributed by atoms with Crippen LogP contribution < -0.4 is 15.4 Å². The molecule has 7 nitrogen and oxygen atoms in total. The molecule has 0 saturated heterocycles. The van der Waals surface area contributed by atoms with Crippen LogP contribution in [0.4, 0.5) is 0 Å². The largest absolute Gasteiger partial charge is 0.497 e. The Hall–Kier alpha value is -3.35. The maximum atomic E-state index is 12.4. The lowest BCUT2D eigenvalue weighted by Gasteiger charge is -2.21. The minimum atomic E-state index is -0.871. The van der Waals surface area contributed by atoms with Gasteiger partial charge in [0.1, 0.15) is 11.8 Å². The molecule has 2 amide bonds. The second-order valence-electron chi connectivity index (χ2n) is 7.29. The van der Waals surface area contributed by atoms with Crippen molar-refractivity contribution in [3.63, 3.8) is 0 Å². The summed E-state index contributed by atoms with van der Waals surface area (Å²) < 4.78 is 10.2. The van der Waals surface area contributed by atoms with Crippen LogP contribution in [0.3, 0.4) is 0 Å². The minimum Gasteiger partial charge on any atom is -0.497 e. The number of rotatable bonds is 9. The fourth-order valence-corrected chi connectivity index (χ4v) is 2.65. The summed E-state index contributed by atoms with van der Waals surface area (Å²) in [6, 6.07) is 13.4. The third kappa shape index (κ3) is 6.92. The molecule has 30 heavy (non-hydrogen) atoms. The SMILES string of the molecule is COc1ccc(C(=O)NC(C(=O)OCC(=O)NCc2ccc(C)cc2)C(C)C)cc1. The Balaban J connectivity index is 1.85. The first kappa shape index (κ1) is 22.9. The highest BCUT2D eigenvalue weighted by molar-refractivity contribution is 5.97. The smallest absolute Gasteiger partial charge is 0.329 e. The van der Waals surface area contributed by atoms with Crippen LogP contribution >= 0.6 is 0 Å². The molecule has 0 aliphatic heterocycles. The average Bonchev–Trinajstić information content (AvgIpc) is 2.75. The normalized spacial score (nSPS) is 11.5. The van der Waals surface area contributed by atoms with Gasteiger partial charge < -0.3 is 20.1 Å². The van der Waals surface area contributed by atoms with E-state index in [2.05, 4.69) is 10.6 Å². The van der Waals surface area contributed by atoms with E-state index in [9.17, 15) is 14.4 Å². The molecule has 0 aliphatic carbocycles. The summed E-state index contributed by atoms with van der Waals surface area (Å²) in [6.07, 6.45) is 0. The average molecular weight is 412 g/mol. The second-order valence-corrected chi connectivity index (χ2v) is 7.29. The Morgan fingerprint density at radius 2 is 1.60 bits per heavy atom. The molecule has 2 aromatic rings. The molecule has 7 heteroatoms. The molecular formula is C23H28N2O5. The third-order valence-electron chi connectivity index (χ3n) is 4.52. The molecule has 0 heterocycles. The van der Waals surface area contributed by atoms with E-state index in [0.717, 1.165) is 11.1 Å². The maximum absolute atomic E-state index is 12.4. The van der Waals surface area contributed by atoms with Gasteiger partial charge in [-0.15, -0.1) is 0 Å². The Labute approximate surface area is 176 Å². The standard InChI is InChI=1S/C23H28N2O5/c1-15(2)21(25-22(27)18-9-11-19(29-4)12-10-18)23(28)30-14-20(26)24-13-17-7-5-16(3)6-8-17/h5-12,15,21H,13-14H2,1-4H3,(H,24,26)(H,25,27). The Kier molecular flexibility index (Phi) is 8.41. The molecule has 0 saturated carbocycles. The molecule has 1 unspecified atom stereocenters. The molecule has 1 atom stereocenters. The molecule has 0 spiro atoms. The van der Waals surface area contributed by atoms with E-state index in [4.69, 9.17) is 9.47 Å². The number of hydrogen-bond donors (Lipinski definition) is 2. The highest BCUT2D eigenvalue weighted by Gasteiger charge is 2.26. The first-order valence-electron chi connectivity index (χ1n) is 9.74. The third-order valence-corrected chi connectivity index (χ3v) is 4.52. The van der Waals surface area contributed by atoms with E-state index >= 15 is 0 Å². The van der Waals surface area contributed by atoms with Crippen LogP contribution in [0.1, 0.15) is 35.3 Å². The molecule has 0 fully saturated rings. The Morgan fingerprint density at radius 1 is 0.967 bits per heavy atom. The Morgan fingerprint density at radius 3 is 2.17 bits per heavy atom. The molecule has 0 aromatic heterocycles. The van der Waals surface area contributed by atoms with Gasteiger partial charge in [0, 0.05) is 12.1 Å². The predicted octanol–water partition coefficient (Wildman–Crippen LogP) is 2.62. The number of benzene rings is 2. The molecule has 0 aliphatic rings. The molecular weight excluding hydrogens is 384 g/mol. The number of methoxy groups -OCH3 is 1. The summed E-state index contributed by atoms with van der Waals surface area (Å²) in [4.78, 5) is 36.9. The van der Waals surface area contributed by atoms with Crippen molar-refractivity contribution >= 4 is 17.8 Å². The highest BCUT2D eigenvalue weighted by atomic mass is 16.5. The number of amides is 2. The summed E-state index contributed by atoms with van der Waals surface area (Å²) in [7, 11) is 1.54. The first-order chi connectivity index (χ1) is 14.3. The van der Waals surface area contributed by atoms with Crippen LogP contribution in [0.5, 0.6) is 5.75 Å². The van der Waals surface area contributed by atoms with E-state index in [1.165, 1.54) is 7.11 Å². The number of ether oxygens (including phenoxy) is 2.